The third-order valence-corrected chi connectivity index (χ3v) is 2.85. The quantitative estimate of drug-likeness (QED) is 0.761. The Hall–Kier alpha value is -2.22. The fourth-order valence-corrected chi connectivity index (χ4v) is 2.06. The molecule has 8 heteroatoms. The van der Waals surface area contributed by atoms with E-state index in [9.17, 15) is 14.4 Å². The van der Waals surface area contributed by atoms with Crippen LogP contribution in [0.4, 0.5) is 4.79 Å². The molecule has 2 aromatic rings. The zero-order chi connectivity index (χ0) is 12.4. The first kappa shape index (κ1) is 11.3. The van der Waals surface area contributed by atoms with Crippen molar-refractivity contribution < 1.29 is 9.59 Å². The first-order chi connectivity index (χ1) is 8.08. The van der Waals surface area contributed by atoms with Gasteiger partial charge in [0.15, 0.2) is 0 Å². The van der Waals surface area contributed by atoms with E-state index >= 15 is 0 Å². The lowest BCUT2D eigenvalue weighted by atomic mass is 10.4. The van der Waals surface area contributed by atoms with Crippen LogP contribution in [0.2, 0.25) is 0 Å². The molecule has 0 aliphatic heterocycles. The number of nitrogens with zero attached hydrogens (tertiary/aromatic N) is 2. The minimum Gasteiger partial charge on any atom is -0.351 e. The van der Waals surface area contributed by atoms with Gasteiger partial charge in [-0.15, -0.1) is 11.3 Å². The van der Waals surface area contributed by atoms with Crippen LogP contribution >= 0.6 is 11.3 Å². The Bertz CT molecular complexity index is 645. The molecular weight excluding hydrogens is 244 g/mol. The number of amides is 3. The van der Waals surface area contributed by atoms with Crippen LogP contribution in [0, 0.1) is 0 Å². The summed E-state index contributed by atoms with van der Waals surface area (Å²) in [6.45, 7) is -0.291. The first-order valence-corrected chi connectivity index (χ1v) is 5.48. The number of carbonyl (C=O) groups excluding carboxylic acids is 2. The molecule has 7 nitrogen and oxygen atoms in total. The predicted octanol–water partition coefficient (Wildman–Crippen LogP) is -0.347. The van der Waals surface area contributed by atoms with Crippen LogP contribution in [0.25, 0.3) is 10.2 Å². The topological polar surface area (TPSA) is 107 Å². The zero-order valence-electron chi connectivity index (χ0n) is 8.54. The largest absolute Gasteiger partial charge is 0.351 e. The number of primary amides is 1. The van der Waals surface area contributed by atoms with Crippen LogP contribution in [-0.2, 0) is 11.3 Å². The summed E-state index contributed by atoms with van der Waals surface area (Å²) >= 11 is 1.34. The lowest BCUT2D eigenvalue weighted by Gasteiger charge is -2.03. The van der Waals surface area contributed by atoms with Crippen LogP contribution in [-0.4, -0.2) is 21.5 Å². The van der Waals surface area contributed by atoms with Gasteiger partial charge in [-0.1, -0.05) is 0 Å². The van der Waals surface area contributed by atoms with Crippen molar-refractivity contribution >= 4 is 33.5 Å². The molecule has 3 amide bonds. The summed E-state index contributed by atoms with van der Waals surface area (Å²) in [5, 5.41) is 4.07. The fourth-order valence-electron chi connectivity index (χ4n) is 1.34. The maximum Gasteiger partial charge on any atom is 0.318 e. The van der Waals surface area contributed by atoms with E-state index in [2.05, 4.69) is 4.98 Å². The van der Waals surface area contributed by atoms with Crippen LogP contribution in [0.5, 0.6) is 0 Å². The summed E-state index contributed by atoms with van der Waals surface area (Å²) in [5.41, 5.74) is 4.46. The lowest BCUT2D eigenvalue weighted by molar-refractivity contribution is -0.120. The highest BCUT2D eigenvalue weighted by Crippen LogP contribution is 2.12. The van der Waals surface area contributed by atoms with Crippen molar-refractivity contribution in [2.75, 3.05) is 0 Å². The van der Waals surface area contributed by atoms with E-state index < -0.39 is 11.9 Å². The van der Waals surface area contributed by atoms with Crippen molar-refractivity contribution in [3.63, 3.8) is 0 Å². The van der Waals surface area contributed by atoms with Crippen molar-refractivity contribution in [2.24, 2.45) is 5.73 Å². The third kappa shape index (κ3) is 2.31. The van der Waals surface area contributed by atoms with Gasteiger partial charge in [-0.2, -0.15) is 0 Å². The molecular formula is C9H8N4O3S. The highest BCUT2D eigenvalue weighted by atomic mass is 32.1. The van der Waals surface area contributed by atoms with Crippen molar-refractivity contribution in [1.29, 1.82) is 0 Å². The minimum absolute atomic E-state index is 0.291. The van der Waals surface area contributed by atoms with Gasteiger partial charge in [-0.25, -0.2) is 9.78 Å². The second-order valence-electron chi connectivity index (χ2n) is 3.23. The van der Waals surface area contributed by atoms with E-state index in [-0.39, 0.29) is 12.1 Å². The number of thiophene rings is 1. The van der Waals surface area contributed by atoms with Gasteiger partial charge in [-0.05, 0) is 11.4 Å². The van der Waals surface area contributed by atoms with Crippen LogP contribution in [0.1, 0.15) is 0 Å². The number of hydrogen-bond donors (Lipinski definition) is 2. The Labute approximate surface area is 98.9 Å². The number of urea groups is 1. The van der Waals surface area contributed by atoms with Gasteiger partial charge in [0, 0.05) is 0 Å². The maximum absolute atomic E-state index is 11.8. The average molecular weight is 252 g/mol. The second-order valence-corrected chi connectivity index (χ2v) is 4.12. The second kappa shape index (κ2) is 4.34. The van der Waals surface area contributed by atoms with Crippen molar-refractivity contribution in [2.45, 2.75) is 6.54 Å². The van der Waals surface area contributed by atoms with Gasteiger partial charge in [0.25, 0.3) is 5.56 Å². The molecule has 2 rings (SSSR count). The Morgan fingerprint density at radius 3 is 3.00 bits per heavy atom. The summed E-state index contributed by atoms with van der Waals surface area (Å²) < 4.78 is 1.12. The molecule has 88 valence electrons. The van der Waals surface area contributed by atoms with E-state index in [1.54, 1.807) is 11.4 Å². The Balaban J connectivity index is 2.30. The van der Waals surface area contributed by atoms with E-state index in [1.165, 1.54) is 17.7 Å². The van der Waals surface area contributed by atoms with E-state index in [0.717, 1.165) is 4.57 Å². The van der Waals surface area contributed by atoms with Gasteiger partial charge < -0.3 is 5.73 Å². The molecule has 3 N–H and O–H groups in total. The lowest BCUT2D eigenvalue weighted by Crippen LogP contribution is -2.39. The molecule has 0 bridgehead atoms. The van der Waals surface area contributed by atoms with E-state index in [0.29, 0.717) is 10.2 Å². The molecule has 17 heavy (non-hydrogen) atoms. The standard InChI is InChI=1S/C9H8N4O3S/c10-9(16)12-6(14)3-13-4-11-7-5(8(13)15)1-2-17-7/h1-2,4H,3H2,(H3,10,12,14,16). The molecule has 0 radical (unpaired) electrons. The van der Waals surface area contributed by atoms with Crippen LogP contribution < -0.4 is 16.6 Å². The monoisotopic (exact) mass is 252 g/mol. The number of rotatable bonds is 2. The minimum atomic E-state index is -0.951. The first-order valence-electron chi connectivity index (χ1n) is 4.60. The van der Waals surface area contributed by atoms with E-state index in [1.807, 2.05) is 5.32 Å². The normalized spacial score (nSPS) is 10.4. The molecule has 2 aromatic heterocycles. The summed E-state index contributed by atoms with van der Waals surface area (Å²) in [6.07, 6.45) is 1.27. The molecule has 0 unspecified atom stereocenters. The third-order valence-electron chi connectivity index (χ3n) is 2.03. The summed E-state index contributed by atoms with van der Waals surface area (Å²) in [5.74, 6) is -0.657. The molecule has 0 aromatic carbocycles. The Morgan fingerprint density at radius 1 is 1.53 bits per heavy atom. The fraction of sp³-hybridized carbons (Fsp3) is 0.111. The average Bonchev–Trinajstić information content (AvgIpc) is 2.69. The highest BCUT2D eigenvalue weighted by Gasteiger charge is 2.09. The number of nitrogens with two attached hydrogens (primary N) is 1. The summed E-state index contributed by atoms with van der Waals surface area (Å²) in [4.78, 5) is 38.2. The molecule has 0 saturated heterocycles. The molecule has 0 spiro atoms. The smallest absolute Gasteiger partial charge is 0.318 e. The Kier molecular flexibility index (Phi) is 2.88. The molecule has 0 atom stereocenters. The highest BCUT2D eigenvalue weighted by molar-refractivity contribution is 7.16. The van der Waals surface area contributed by atoms with Gasteiger partial charge in [0.05, 0.1) is 11.7 Å². The molecule has 0 aliphatic rings. The number of hydrogen-bond acceptors (Lipinski definition) is 5. The SMILES string of the molecule is NC(=O)NC(=O)Cn1cnc2sccc2c1=O. The van der Waals surface area contributed by atoms with Crippen molar-refractivity contribution in [3.8, 4) is 0 Å². The molecule has 0 fully saturated rings. The van der Waals surface area contributed by atoms with Gasteiger partial charge >= 0.3 is 6.03 Å². The van der Waals surface area contributed by atoms with Crippen LogP contribution in [0.15, 0.2) is 22.6 Å². The zero-order valence-corrected chi connectivity index (χ0v) is 9.36. The molecule has 0 saturated carbocycles. The van der Waals surface area contributed by atoms with Gasteiger partial charge in [-0.3, -0.25) is 19.5 Å². The van der Waals surface area contributed by atoms with E-state index in [4.69, 9.17) is 5.73 Å². The number of carbonyl (C=O) groups is 2. The molecule has 2 heterocycles. The Morgan fingerprint density at radius 2 is 2.29 bits per heavy atom. The summed E-state index contributed by atoms with van der Waals surface area (Å²) in [7, 11) is 0. The number of fused-ring (bicyclic) bond motifs is 1. The number of aromatic nitrogens is 2. The van der Waals surface area contributed by atoms with Crippen molar-refractivity contribution in [1.82, 2.24) is 14.9 Å². The summed E-state index contributed by atoms with van der Waals surface area (Å²) in [6, 6.07) is 0.685. The van der Waals surface area contributed by atoms with Gasteiger partial charge in [0.1, 0.15) is 11.4 Å². The van der Waals surface area contributed by atoms with Crippen LogP contribution in [0.3, 0.4) is 0 Å². The van der Waals surface area contributed by atoms with Gasteiger partial charge in [0.2, 0.25) is 5.91 Å². The number of imide groups is 1. The predicted molar refractivity (Wildman–Crippen MR) is 61.6 cm³/mol. The maximum atomic E-state index is 11.8. The number of nitrogens with one attached hydrogen (secondary N) is 1. The molecule has 0 aliphatic carbocycles. The van der Waals surface area contributed by atoms with Crippen molar-refractivity contribution in [3.05, 3.63) is 28.1 Å².